The highest BCUT2D eigenvalue weighted by atomic mass is 16.5. The van der Waals surface area contributed by atoms with Crippen LogP contribution in [0.15, 0.2) is 24.6 Å². The molecule has 114 valence electrons. The molecule has 2 rings (SSSR count). The Balaban J connectivity index is 1.77. The third-order valence-electron chi connectivity index (χ3n) is 4.48. The minimum Gasteiger partial charge on any atom is -0.482 e. The third-order valence-corrected chi connectivity index (χ3v) is 4.48. The molecule has 1 aliphatic heterocycles. The normalized spacial score (nSPS) is 22.9. The largest absolute Gasteiger partial charge is 0.482 e. The maximum Gasteiger partial charge on any atom is 0.189 e. The highest BCUT2D eigenvalue weighted by molar-refractivity contribution is 5.06. The molecule has 20 heavy (non-hydrogen) atoms. The zero-order valence-electron chi connectivity index (χ0n) is 12.9. The third kappa shape index (κ3) is 3.16. The Hall–Kier alpha value is -1.04. The molecule has 1 saturated heterocycles. The van der Waals surface area contributed by atoms with Gasteiger partial charge in [0.1, 0.15) is 0 Å². The first-order chi connectivity index (χ1) is 9.64. The summed E-state index contributed by atoms with van der Waals surface area (Å²) in [4.78, 5) is 2.09. The number of rotatable bonds is 8. The zero-order valence-corrected chi connectivity index (χ0v) is 12.9. The van der Waals surface area contributed by atoms with Crippen molar-refractivity contribution in [2.24, 2.45) is 5.41 Å². The number of nitrogens with one attached hydrogen (secondary N) is 3. The standard InChI is InChI=1S/C15H28N4O/c1-5-7-14(20-4)19(3)13(6-2)18-17-12-8-15(9-12)10-16-11-15/h5,7,12-13,16-18H,1,6,8-11H2,2-4H3/b14-7+/t13-/m1/s1. The second kappa shape index (κ2) is 6.61. The van der Waals surface area contributed by atoms with E-state index < -0.39 is 0 Å². The molecule has 2 aliphatic rings. The summed E-state index contributed by atoms with van der Waals surface area (Å²) < 4.78 is 5.38. The lowest BCUT2D eigenvalue weighted by atomic mass is 9.62. The van der Waals surface area contributed by atoms with E-state index in [0.717, 1.165) is 12.3 Å². The SMILES string of the molecule is C=C/C=C(/OC)N(C)[C@H](CC)NNC1CC2(CNC2)C1. The van der Waals surface area contributed by atoms with Crippen LogP contribution in [0.5, 0.6) is 0 Å². The van der Waals surface area contributed by atoms with Crippen LogP contribution in [0.25, 0.3) is 0 Å². The molecule has 2 fully saturated rings. The Morgan fingerprint density at radius 1 is 1.55 bits per heavy atom. The molecular weight excluding hydrogens is 252 g/mol. The van der Waals surface area contributed by atoms with Gasteiger partial charge in [0.05, 0.1) is 13.3 Å². The van der Waals surface area contributed by atoms with Gasteiger partial charge >= 0.3 is 0 Å². The molecule has 0 aromatic heterocycles. The zero-order chi connectivity index (χ0) is 14.6. The van der Waals surface area contributed by atoms with E-state index >= 15 is 0 Å². The van der Waals surface area contributed by atoms with Crippen molar-refractivity contribution >= 4 is 0 Å². The van der Waals surface area contributed by atoms with Crippen LogP contribution < -0.4 is 16.2 Å². The smallest absolute Gasteiger partial charge is 0.189 e. The van der Waals surface area contributed by atoms with Gasteiger partial charge in [0.25, 0.3) is 0 Å². The number of nitrogens with zero attached hydrogens (tertiary/aromatic N) is 1. The number of methoxy groups -OCH3 is 1. The monoisotopic (exact) mass is 280 g/mol. The van der Waals surface area contributed by atoms with Crippen molar-refractivity contribution in [1.82, 2.24) is 21.1 Å². The van der Waals surface area contributed by atoms with Crippen LogP contribution in [0.2, 0.25) is 0 Å². The second-order valence-corrected chi connectivity index (χ2v) is 5.98. The summed E-state index contributed by atoms with van der Waals surface area (Å²) in [6, 6.07) is 0.592. The fourth-order valence-corrected chi connectivity index (χ4v) is 3.13. The number of allylic oxidation sites excluding steroid dienone is 2. The molecule has 0 aromatic carbocycles. The second-order valence-electron chi connectivity index (χ2n) is 5.98. The molecular formula is C15H28N4O. The Morgan fingerprint density at radius 3 is 2.70 bits per heavy atom. The predicted octanol–water partition coefficient (Wildman–Crippen LogP) is 1.17. The molecule has 0 bridgehead atoms. The Bertz CT molecular complexity index is 357. The molecule has 3 N–H and O–H groups in total. The van der Waals surface area contributed by atoms with Crippen molar-refractivity contribution in [2.45, 2.75) is 38.4 Å². The van der Waals surface area contributed by atoms with Gasteiger partial charge in [-0.3, -0.25) is 5.43 Å². The highest BCUT2D eigenvalue weighted by Gasteiger charge is 2.48. The van der Waals surface area contributed by atoms with Crippen LogP contribution in [-0.2, 0) is 4.74 Å². The van der Waals surface area contributed by atoms with Crippen LogP contribution in [0.4, 0.5) is 0 Å². The van der Waals surface area contributed by atoms with Crippen LogP contribution >= 0.6 is 0 Å². The van der Waals surface area contributed by atoms with Crippen LogP contribution in [0.3, 0.4) is 0 Å². The summed E-state index contributed by atoms with van der Waals surface area (Å²) in [6.45, 7) is 8.27. The molecule has 0 unspecified atom stereocenters. The maximum atomic E-state index is 5.38. The molecule has 1 aliphatic carbocycles. The van der Waals surface area contributed by atoms with Crippen LogP contribution in [0, 0.1) is 5.41 Å². The van der Waals surface area contributed by atoms with Gasteiger partial charge < -0.3 is 15.0 Å². The number of hydrogen-bond acceptors (Lipinski definition) is 5. The topological polar surface area (TPSA) is 48.6 Å². The van der Waals surface area contributed by atoms with E-state index in [-0.39, 0.29) is 6.17 Å². The van der Waals surface area contributed by atoms with Gasteiger partial charge in [0.2, 0.25) is 0 Å². The van der Waals surface area contributed by atoms with Gasteiger partial charge in [0.15, 0.2) is 5.88 Å². The van der Waals surface area contributed by atoms with Crippen molar-refractivity contribution < 1.29 is 4.74 Å². The van der Waals surface area contributed by atoms with E-state index in [2.05, 4.69) is 34.6 Å². The number of hydrazine groups is 1. The molecule has 1 heterocycles. The van der Waals surface area contributed by atoms with E-state index in [4.69, 9.17) is 4.74 Å². The molecule has 1 saturated carbocycles. The van der Waals surface area contributed by atoms with Crippen LogP contribution in [-0.4, -0.2) is 44.4 Å². The van der Waals surface area contributed by atoms with E-state index in [9.17, 15) is 0 Å². The van der Waals surface area contributed by atoms with Crippen molar-refractivity contribution in [2.75, 3.05) is 27.2 Å². The molecule has 5 heteroatoms. The summed E-state index contributed by atoms with van der Waals surface area (Å²) in [5.41, 5.74) is 7.50. The van der Waals surface area contributed by atoms with Gasteiger partial charge in [-0.1, -0.05) is 19.6 Å². The fraction of sp³-hybridized carbons (Fsp3) is 0.733. The lowest BCUT2D eigenvalue weighted by Crippen LogP contribution is -2.67. The van der Waals surface area contributed by atoms with Gasteiger partial charge in [-0.15, -0.1) is 0 Å². The minimum absolute atomic E-state index is 0.206. The summed E-state index contributed by atoms with van der Waals surface area (Å²) in [5.74, 6) is 0.814. The summed E-state index contributed by atoms with van der Waals surface area (Å²) in [7, 11) is 3.71. The maximum absolute atomic E-state index is 5.38. The fourth-order valence-electron chi connectivity index (χ4n) is 3.13. The van der Waals surface area contributed by atoms with Crippen LogP contribution in [0.1, 0.15) is 26.2 Å². The molecule has 0 aromatic rings. The first kappa shape index (κ1) is 15.4. The Morgan fingerprint density at radius 2 is 2.25 bits per heavy atom. The van der Waals surface area contributed by atoms with Crippen molar-refractivity contribution in [3.63, 3.8) is 0 Å². The molecule has 0 radical (unpaired) electrons. The Labute approximate surface area is 122 Å². The Kier molecular flexibility index (Phi) is 5.07. The average Bonchev–Trinajstić information content (AvgIpc) is 2.36. The highest BCUT2D eigenvalue weighted by Crippen LogP contribution is 2.43. The quantitative estimate of drug-likeness (QED) is 0.270. The predicted molar refractivity (Wildman–Crippen MR) is 81.7 cm³/mol. The summed E-state index contributed by atoms with van der Waals surface area (Å²) in [5, 5.41) is 3.37. The van der Waals surface area contributed by atoms with E-state index in [1.807, 2.05) is 13.1 Å². The van der Waals surface area contributed by atoms with E-state index in [1.54, 1.807) is 13.2 Å². The van der Waals surface area contributed by atoms with Gasteiger partial charge in [0, 0.05) is 26.2 Å². The average molecular weight is 280 g/mol. The number of hydrogen-bond donors (Lipinski definition) is 3. The summed E-state index contributed by atoms with van der Waals surface area (Å²) >= 11 is 0. The molecule has 1 spiro atoms. The minimum atomic E-state index is 0.206. The van der Waals surface area contributed by atoms with Crippen molar-refractivity contribution in [3.05, 3.63) is 24.6 Å². The molecule has 0 amide bonds. The first-order valence-electron chi connectivity index (χ1n) is 7.45. The number of ether oxygens (including phenoxy) is 1. The van der Waals surface area contributed by atoms with Crippen molar-refractivity contribution in [1.29, 1.82) is 0 Å². The summed E-state index contributed by atoms with van der Waals surface area (Å²) in [6.07, 6.45) is 7.36. The van der Waals surface area contributed by atoms with E-state index in [1.165, 1.54) is 25.9 Å². The van der Waals surface area contributed by atoms with Gasteiger partial charge in [-0.2, -0.15) is 0 Å². The van der Waals surface area contributed by atoms with Crippen molar-refractivity contribution in [3.8, 4) is 0 Å². The lowest BCUT2D eigenvalue weighted by molar-refractivity contribution is 0.00838. The molecule has 5 nitrogen and oxygen atoms in total. The lowest BCUT2D eigenvalue weighted by Gasteiger charge is -2.54. The molecule has 1 atom stereocenters. The van der Waals surface area contributed by atoms with Gasteiger partial charge in [-0.05, 0) is 30.8 Å². The first-order valence-corrected chi connectivity index (χ1v) is 7.45. The van der Waals surface area contributed by atoms with E-state index in [0.29, 0.717) is 11.5 Å². The van der Waals surface area contributed by atoms with Gasteiger partial charge in [-0.25, -0.2) is 5.43 Å².